The highest BCUT2D eigenvalue weighted by molar-refractivity contribution is 7.98. The molecule has 26 heavy (non-hydrogen) atoms. The summed E-state index contributed by atoms with van der Waals surface area (Å²) in [4.78, 5) is 1.67. The van der Waals surface area contributed by atoms with Crippen LogP contribution in [0.15, 0.2) is 64.4 Å². The van der Waals surface area contributed by atoms with Gasteiger partial charge in [-0.15, -0.1) is 11.8 Å². The Morgan fingerprint density at radius 2 is 1.69 bits per heavy atom. The number of piperidine rings is 1. The van der Waals surface area contributed by atoms with Gasteiger partial charge in [0.15, 0.2) is 0 Å². The second-order valence-corrected chi connectivity index (χ2v) is 9.46. The largest absolute Gasteiger partial charge is 0.312 e. The second-order valence-electron chi connectivity index (χ2n) is 6.64. The van der Waals surface area contributed by atoms with Crippen molar-refractivity contribution in [1.29, 1.82) is 0 Å². The van der Waals surface area contributed by atoms with Crippen LogP contribution in [-0.4, -0.2) is 38.6 Å². The molecule has 0 unspecified atom stereocenters. The topological polar surface area (TPSA) is 49.4 Å². The first-order valence-corrected chi connectivity index (χ1v) is 11.6. The molecule has 3 rings (SSSR count). The van der Waals surface area contributed by atoms with Crippen molar-refractivity contribution in [3.8, 4) is 0 Å². The maximum absolute atomic E-state index is 12.7. The zero-order chi connectivity index (χ0) is 18.4. The number of hydrogen-bond donors (Lipinski definition) is 1. The van der Waals surface area contributed by atoms with Gasteiger partial charge in [0.2, 0.25) is 10.0 Å². The molecule has 0 aliphatic carbocycles. The van der Waals surface area contributed by atoms with Gasteiger partial charge in [-0.2, -0.15) is 4.31 Å². The van der Waals surface area contributed by atoms with Crippen LogP contribution in [-0.2, 0) is 16.6 Å². The lowest BCUT2D eigenvalue weighted by molar-refractivity contribution is 0.267. The highest BCUT2D eigenvalue weighted by Crippen LogP contribution is 2.23. The van der Waals surface area contributed by atoms with Gasteiger partial charge in [0.1, 0.15) is 0 Å². The van der Waals surface area contributed by atoms with Crippen LogP contribution in [0.1, 0.15) is 18.4 Å². The van der Waals surface area contributed by atoms with E-state index in [4.69, 9.17) is 0 Å². The average Bonchev–Trinajstić information content (AvgIpc) is 2.69. The van der Waals surface area contributed by atoms with Gasteiger partial charge in [0.25, 0.3) is 0 Å². The molecule has 2 aromatic rings. The molecule has 0 aromatic heterocycles. The minimum atomic E-state index is -3.34. The van der Waals surface area contributed by atoms with Crippen LogP contribution in [0, 0.1) is 5.92 Å². The predicted octanol–water partition coefficient (Wildman–Crippen LogP) is 3.60. The number of sulfonamides is 1. The van der Waals surface area contributed by atoms with Crippen molar-refractivity contribution in [2.24, 2.45) is 5.92 Å². The van der Waals surface area contributed by atoms with Gasteiger partial charge in [-0.3, -0.25) is 0 Å². The van der Waals surface area contributed by atoms with E-state index in [0.717, 1.165) is 25.9 Å². The lowest BCUT2D eigenvalue weighted by atomic mass is 9.98. The summed E-state index contributed by atoms with van der Waals surface area (Å²) >= 11 is 1.75. The minimum Gasteiger partial charge on any atom is -0.312 e. The van der Waals surface area contributed by atoms with E-state index in [1.165, 1.54) is 10.5 Å². The first-order valence-electron chi connectivity index (χ1n) is 8.98. The van der Waals surface area contributed by atoms with Gasteiger partial charge in [0.05, 0.1) is 4.90 Å². The Balaban J connectivity index is 1.45. The summed E-state index contributed by atoms with van der Waals surface area (Å²) in [5.41, 5.74) is 1.28. The number of benzene rings is 2. The third kappa shape index (κ3) is 4.88. The molecule has 4 nitrogen and oxygen atoms in total. The monoisotopic (exact) mass is 390 g/mol. The fraction of sp³-hybridized carbons (Fsp3) is 0.400. The molecule has 1 heterocycles. The van der Waals surface area contributed by atoms with Crippen molar-refractivity contribution in [2.45, 2.75) is 29.2 Å². The fourth-order valence-electron chi connectivity index (χ4n) is 3.26. The van der Waals surface area contributed by atoms with Crippen LogP contribution in [0.2, 0.25) is 0 Å². The van der Waals surface area contributed by atoms with E-state index in [0.29, 0.717) is 23.9 Å². The zero-order valence-corrected chi connectivity index (χ0v) is 16.7. The minimum absolute atomic E-state index is 0.394. The maximum Gasteiger partial charge on any atom is 0.243 e. The van der Waals surface area contributed by atoms with Crippen molar-refractivity contribution in [3.63, 3.8) is 0 Å². The van der Waals surface area contributed by atoms with E-state index in [1.54, 1.807) is 40.3 Å². The van der Waals surface area contributed by atoms with Crippen molar-refractivity contribution in [1.82, 2.24) is 9.62 Å². The normalized spacial score (nSPS) is 16.7. The molecule has 0 amide bonds. The molecule has 6 heteroatoms. The van der Waals surface area contributed by atoms with Crippen LogP contribution in [0.4, 0.5) is 0 Å². The number of thioether (sulfide) groups is 1. The Hall–Kier alpha value is -1.34. The first kappa shape index (κ1) is 19.4. The Morgan fingerprint density at radius 1 is 1.04 bits per heavy atom. The zero-order valence-electron chi connectivity index (χ0n) is 15.1. The molecule has 1 aliphatic heterocycles. The lowest BCUT2D eigenvalue weighted by Crippen LogP contribution is -2.40. The van der Waals surface area contributed by atoms with Gasteiger partial charge in [-0.05, 0) is 61.4 Å². The van der Waals surface area contributed by atoms with Crippen molar-refractivity contribution < 1.29 is 8.42 Å². The van der Waals surface area contributed by atoms with E-state index in [9.17, 15) is 8.42 Å². The van der Waals surface area contributed by atoms with Crippen molar-refractivity contribution >= 4 is 21.8 Å². The van der Waals surface area contributed by atoms with Crippen molar-refractivity contribution in [2.75, 3.05) is 25.9 Å². The van der Waals surface area contributed by atoms with Crippen LogP contribution >= 0.6 is 11.8 Å². The molecular weight excluding hydrogens is 364 g/mol. The van der Waals surface area contributed by atoms with Gasteiger partial charge in [-0.1, -0.05) is 30.3 Å². The van der Waals surface area contributed by atoms with E-state index >= 15 is 0 Å². The van der Waals surface area contributed by atoms with Gasteiger partial charge in [-0.25, -0.2) is 8.42 Å². The molecule has 140 valence electrons. The predicted molar refractivity (Wildman–Crippen MR) is 108 cm³/mol. The molecule has 1 aliphatic rings. The molecule has 1 saturated heterocycles. The van der Waals surface area contributed by atoms with Crippen LogP contribution in [0.5, 0.6) is 0 Å². The summed E-state index contributed by atoms with van der Waals surface area (Å²) < 4.78 is 26.9. The summed E-state index contributed by atoms with van der Waals surface area (Å²) in [7, 11) is -3.34. The number of hydrogen-bond acceptors (Lipinski definition) is 4. The average molecular weight is 391 g/mol. The maximum atomic E-state index is 12.7. The Kier molecular flexibility index (Phi) is 6.75. The highest BCUT2D eigenvalue weighted by atomic mass is 32.2. The summed E-state index contributed by atoms with van der Waals surface area (Å²) in [5, 5.41) is 3.52. The standard InChI is InChI=1S/C20H26N2O2S2/c1-25-19-9-7-17(8-10-19)15-21-16-18-11-13-22(14-12-18)26(23,24)20-5-3-2-4-6-20/h2-10,18,21H,11-16H2,1H3. The third-order valence-electron chi connectivity index (χ3n) is 4.88. The summed E-state index contributed by atoms with van der Waals surface area (Å²) in [6, 6.07) is 17.3. The number of nitrogens with one attached hydrogen (secondary N) is 1. The van der Waals surface area contributed by atoms with Gasteiger partial charge in [0, 0.05) is 24.5 Å². The van der Waals surface area contributed by atoms with E-state index in [-0.39, 0.29) is 0 Å². The van der Waals surface area contributed by atoms with Crippen molar-refractivity contribution in [3.05, 3.63) is 60.2 Å². The van der Waals surface area contributed by atoms with E-state index < -0.39 is 10.0 Å². The summed E-state index contributed by atoms with van der Waals surface area (Å²) in [5.74, 6) is 0.530. The molecular formula is C20H26N2O2S2. The quantitative estimate of drug-likeness (QED) is 0.734. The molecule has 0 atom stereocenters. The van der Waals surface area contributed by atoms with Crippen LogP contribution in [0.25, 0.3) is 0 Å². The molecule has 1 fully saturated rings. The first-order chi connectivity index (χ1) is 12.6. The fourth-order valence-corrected chi connectivity index (χ4v) is 5.16. The Morgan fingerprint density at radius 3 is 2.31 bits per heavy atom. The molecule has 0 bridgehead atoms. The molecule has 0 spiro atoms. The van der Waals surface area contributed by atoms with Gasteiger partial charge < -0.3 is 5.32 Å². The Bertz CT molecular complexity index is 784. The number of nitrogens with zero attached hydrogens (tertiary/aromatic N) is 1. The summed E-state index contributed by atoms with van der Waals surface area (Å²) in [6.45, 7) is 3.00. The SMILES string of the molecule is CSc1ccc(CNCC2CCN(S(=O)(=O)c3ccccc3)CC2)cc1. The van der Waals surface area contributed by atoms with E-state index in [2.05, 4.69) is 35.8 Å². The molecule has 1 N–H and O–H groups in total. The third-order valence-corrected chi connectivity index (χ3v) is 7.53. The van der Waals surface area contributed by atoms with E-state index in [1.807, 2.05) is 6.07 Å². The summed E-state index contributed by atoms with van der Waals surface area (Å²) in [6.07, 6.45) is 3.90. The van der Waals surface area contributed by atoms with Crippen LogP contribution < -0.4 is 5.32 Å². The highest BCUT2D eigenvalue weighted by Gasteiger charge is 2.28. The number of rotatable bonds is 7. The molecule has 0 radical (unpaired) electrons. The molecule has 2 aromatic carbocycles. The van der Waals surface area contributed by atoms with Gasteiger partial charge >= 0.3 is 0 Å². The smallest absolute Gasteiger partial charge is 0.243 e. The van der Waals surface area contributed by atoms with Crippen LogP contribution in [0.3, 0.4) is 0 Å². The second kappa shape index (κ2) is 9.04. The Labute approximate surface area is 161 Å². The lowest BCUT2D eigenvalue weighted by Gasteiger charge is -2.31. The molecule has 0 saturated carbocycles.